The van der Waals surface area contributed by atoms with E-state index in [1.165, 1.54) is 29.6 Å². The van der Waals surface area contributed by atoms with Crippen LogP contribution in [0.1, 0.15) is 22.3 Å². The number of hydrogen-bond donors (Lipinski definition) is 1. The highest BCUT2D eigenvalue weighted by Crippen LogP contribution is 2.26. The molecule has 3 rings (SSSR count). The maximum atomic E-state index is 12.5. The van der Waals surface area contributed by atoms with Crippen molar-refractivity contribution in [1.29, 1.82) is 0 Å². The molecular weight excluding hydrogens is 294 g/mol. The molecule has 0 aliphatic rings. The van der Waals surface area contributed by atoms with Crippen molar-refractivity contribution in [2.24, 2.45) is 0 Å². The summed E-state index contributed by atoms with van der Waals surface area (Å²) < 4.78 is 0.734. The number of rotatable bonds is 3. The Morgan fingerprint density at radius 1 is 1.15 bits per heavy atom. The Balaban J connectivity index is 2.15. The lowest BCUT2D eigenvalue weighted by Crippen LogP contribution is -2.12. The quantitative estimate of drug-likeness (QED) is 0.755. The summed E-state index contributed by atoms with van der Waals surface area (Å²) in [5.74, 6) is -0.265. The van der Waals surface area contributed by atoms with Gasteiger partial charge in [-0.1, -0.05) is 6.07 Å². The lowest BCUT2D eigenvalue weighted by molar-refractivity contribution is -0.114. The van der Waals surface area contributed by atoms with E-state index in [4.69, 9.17) is 0 Å². The lowest BCUT2D eigenvalue weighted by Gasteiger charge is -2.04. The van der Waals surface area contributed by atoms with E-state index < -0.39 is 0 Å². The number of nitrogens with zero attached hydrogens (tertiary/aromatic N) is 2. The maximum Gasteiger partial charge on any atom is 0.230 e. The van der Waals surface area contributed by atoms with Crippen molar-refractivity contribution in [3.8, 4) is 0 Å². The number of ketones is 1. The summed E-state index contributed by atoms with van der Waals surface area (Å²) in [7, 11) is 0. The van der Waals surface area contributed by atoms with Gasteiger partial charge in [0.1, 0.15) is 5.69 Å². The van der Waals surface area contributed by atoms with Gasteiger partial charge in [-0.2, -0.15) is 0 Å². The predicted molar refractivity (Wildman–Crippen MR) is 79.5 cm³/mol. The van der Waals surface area contributed by atoms with E-state index in [-0.39, 0.29) is 17.6 Å². The Bertz CT molecular complexity index is 793. The first kappa shape index (κ1) is 12.9. The Labute approximate surface area is 122 Å². The smallest absolute Gasteiger partial charge is 0.230 e. The van der Waals surface area contributed by atoms with Crippen LogP contribution in [0.5, 0.6) is 0 Å². The fraction of sp³-hybridized carbons (Fsp3) is 0.0769. The van der Waals surface area contributed by atoms with E-state index in [2.05, 4.69) is 15.3 Å². The van der Waals surface area contributed by atoms with Crippen LogP contribution in [-0.2, 0) is 4.79 Å². The van der Waals surface area contributed by atoms with Gasteiger partial charge in [-0.15, -0.1) is 22.7 Å². The van der Waals surface area contributed by atoms with E-state index in [1.54, 1.807) is 12.1 Å². The van der Waals surface area contributed by atoms with E-state index in [0.29, 0.717) is 16.1 Å². The molecule has 3 heterocycles. The molecule has 1 N–H and O–H groups in total. The molecule has 1 amide bonds. The van der Waals surface area contributed by atoms with Gasteiger partial charge in [0.15, 0.2) is 0 Å². The van der Waals surface area contributed by atoms with E-state index in [9.17, 15) is 9.59 Å². The van der Waals surface area contributed by atoms with Crippen molar-refractivity contribution in [2.45, 2.75) is 6.92 Å². The number of nitrogens with one attached hydrogen (secondary N) is 1. The maximum absolute atomic E-state index is 12.5. The summed E-state index contributed by atoms with van der Waals surface area (Å²) in [6.45, 7) is 1.38. The molecule has 3 aromatic heterocycles. The molecule has 0 saturated carbocycles. The number of anilines is 1. The van der Waals surface area contributed by atoms with Crippen molar-refractivity contribution < 1.29 is 9.59 Å². The van der Waals surface area contributed by atoms with Crippen LogP contribution in [0.25, 0.3) is 10.2 Å². The average Bonchev–Trinajstić information content (AvgIpc) is 3.07. The Kier molecular flexibility index (Phi) is 3.29. The number of amides is 1. The van der Waals surface area contributed by atoms with E-state index >= 15 is 0 Å². The fourth-order valence-corrected chi connectivity index (χ4v) is 3.24. The zero-order chi connectivity index (χ0) is 14.1. The Morgan fingerprint density at radius 3 is 2.70 bits per heavy atom. The van der Waals surface area contributed by atoms with Crippen LogP contribution in [0.3, 0.4) is 0 Å². The lowest BCUT2D eigenvalue weighted by atomic mass is 10.2. The van der Waals surface area contributed by atoms with Gasteiger partial charge < -0.3 is 0 Å². The minimum absolute atomic E-state index is 0.151. The highest BCUT2D eigenvalue weighted by atomic mass is 32.1. The van der Waals surface area contributed by atoms with Crippen LogP contribution in [0.15, 0.2) is 29.0 Å². The monoisotopic (exact) mass is 303 g/mol. The summed E-state index contributed by atoms with van der Waals surface area (Å²) >= 11 is 2.78. The fourth-order valence-electron chi connectivity index (χ4n) is 1.76. The van der Waals surface area contributed by atoms with Crippen molar-refractivity contribution >= 4 is 50.5 Å². The van der Waals surface area contributed by atoms with Crippen LogP contribution >= 0.6 is 22.7 Å². The standard InChI is InChI=1S/C13H9N3O2S2/c1-7(17)14-13-15-8-4-6-20-12(8)10(16-13)11(18)9-3-2-5-19-9/h2-6H,1H3,(H,14,15,16,17). The Morgan fingerprint density at radius 2 is 2.00 bits per heavy atom. The highest BCUT2D eigenvalue weighted by Gasteiger charge is 2.18. The van der Waals surface area contributed by atoms with Crippen LogP contribution < -0.4 is 5.32 Å². The molecule has 0 unspecified atom stereocenters. The molecule has 0 radical (unpaired) electrons. The number of fused-ring (bicyclic) bond motifs is 1. The van der Waals surface area contributed by atoms with Gasteiger partial charge in [0, 0.05) is 6.92 Å². The Hall–Kier alpha value is -2.12. The topological polar surface area (TPSA) is 72.0 Å². The number of aromatic nitrogens is 2. The first-order valence-corrected chi connectivity index (χ1v) is 7.52. The molecule has 0 atom stereocenters. The first-order chi connectivity index (χ1) is 9.65. The van der Waals surface area contributed by atoms with Gasteiger partial charge in [-0.25, -0.2) is 9.97 Å². The third kappa shape index (κ3) is 2.33. The minimum Gasteiger partial charge on any atom is -0.295 e. The van der Waals surface area contributed by atoms with Gasteiger partial charge in [0.2, 0.25) is 17.6 Å². The summed E-state index contributed by atoms with van der Waals surface area (Å²) in [4.78, 5) is 32.6. The van der Waals surface area contributed by atoms with Gasteiger partial charge >= 0.3 is 0 Å². The van der Waals surface area contributed by atoms with Crippen molar-refractivity contribution in [2.75, 3.05) is 5.32 Å². The summed E-state index contributed by atoms with van der Waals surface area (Å²) in [5, 5.41) is 6.21. The molecular formula is C13H9N3O2S2. The summed E-state index contributed by atoms with van der Waals surface area (Å²) in [6.07, 6.45) is 0. The predicted octanol–water partition coefficient (Wildman–Crippen LogP) is 2.94. The zero-order valence-corrected chi connectivity index (χ0v) is 12.0. The highest BCUT2D eigenvalue weighted by molar-refractivity contribution is 7.17. The summed E-state index contributed by atoms with van der Waals surface area (Å²) in [5.41, 5.74) is 0.991. The normalized spacial score (nSPS) is 10.7. The van der Waals surface area contributed by atoms with Gasteiger partial charge in [-0.3, -0.25) is 14.9 Å². The third-order valence-electron chi connectivity index (χ3n) is 2.55. The first-order valence-electron chi connectivity index (χ1n) is 5.76. The molecule has 7 heteroatoms. The zero-order valence-electron chi connectivity index (χ0n) is 10.4. The average molecular weight is 303 g/mol. The molecule has 20 heavy (non-hydrogen) atoms. The number of carbonyl (C=O) groups excluding carboxylic acids is 2. The third-order valence-corrected chi connectivity index (χ3v) is 4.33. The molecule has 0 spiro atoms. The molecule has 0 aliphatic heterocycles. The van der Waals surface area contributed by atoms with Gasteiger partial charge in [0.25, 0.3) is 0 Å². The van der Waals surface area contributed by atoms with Crippen molar-refractivity contribution in [3.63, 3.8) is 0 Å². The number of carbonyl (C=O) groups is 2. The second kappa shape index (κ2) is 5.10. The van der Waals surface area contributed by atoms with Crippen molar-refractivity contribution in [1.82, 2.24) is 9.97 Å². The van der Waals surface area contributed by atoms with Gasteiger partial charge in [0.05, 0.1) is 15.1 Å². The number of thiophene rings is 2. The van der Waals surface area contributed by atoms with Crippen LogP contribution in [-0.4, -0.2) is 21.7 Å². The second-order valence-electron chi connectivity index (χ2n) is 4.02. The van der Waals surface area contributed by atoms with Crippen LogP contribution in [0.4, 0.5) is 5.95 Å². The molecule has 5 nitrogen and oxygen atoms in total. The molecule has 0 aromatic carbocycles. The van der Waals surface area contributed by atoms with Crippen LogP contribution in [0.2, 0.25) is 0 Å². The van der Waals surface area contributed by atoms with Crippen LogP contribution in [0, 0.1) is 0 Å². The van der Waals surface area contributed by atoms with E-state index in [0.717, 1.165) is 4.70 Å². The summed E-state index contributed by atoms with van der Waals surface area (Å²) in [6, 6.07) is 5.38. The van der Waals surface area contributed by atoms with Crippen molar-refractivity contribution in [3.05, 3.63) is 39.5 Å². The second-order valence-corrected chi connectivity index (χ2v) is 5.88. The molecule has 0 aliphatic carbocycles. The molecule has 0 fully saturated rings. The van der Waals surface area contributed by atoms with E-state index in [1.807, 2.05) is 16.8 Å². The number of hydrogen-bond acceptors (Lipinski definition) is 6. The molecule has 0 bridgehead atoms. The molecule has 3 aromatic rings. The largest absolute Gasteiger partial charge is 0.295 e. The van der Waals surface area contributed by atoms with Gasteiger partial charge in [-0.05, 0) is 22.9 Å². The minimum atomic E-state index is -0.269. The molecule has 100 valence electrons. The molecule has 0 saturated heterocycles. The SMILES string of the molecule is CC(=O)Nc1nc(C(=O)c2cccs2)c2sccc2n1.